The molecule has 0 fully saturated rings. The normalized spacial score (nSPS) is 10.4. The van der Waals surface area contributed by atoms with Crippen LogP contribution in [-0.2, 0) is 0 Å². The molecule has 0 aliphatic heterocycles. The van der Waals surface area contributed by atoms with Crippen molar-refractivity contribution in [1.82, 2.24) is 14.8 Å². The van der Waals surface area contributed by atoms with Gasteiger partial charge in [0.05, 0.1) is 10.7 Å². The summed E-state index contributed by atoms with van der Waals surface area (Å²) in [6.07, 6.45) is 3.29. The SMILES string of the molecule is Nc1nn(-c2ncccc2Br)cc1Cl. The minimum absolute atomic E-state index is 0.296. The van der Waals surface area contributed by atoms with Crippen LogP contribution in [0.25, 0.3) is 5.82 Å². The van der Waals surface area contributed by atoms with Crippen LogP contribution in [-0.4, -0.2) is 14.8 Å². The second kappa shape index (κ2) is 3.59. The first-order valence-electron chi connectivity index (χ1n) is 3.80. The molecule has 4 nitrogen and oxygen atoms in total. The first kappa shape index (κ1) is 9.48. The largest absolute Gasteiger partial charge is 0.381 e. The summed E-state index contributed by atoms with van der Waals surface area (Å²) in [7, 11) is 0. The van der Waals surface area contributed by atoms with Gasteiger partial charge >= 0.3 is 0 Å². The lowest BCUT2D eigenvalue weighted by molar-refractivity contribution is 0.846. The smallest absolute Gasteiger partial charge is 0.167 e. The van der Waals surface area contributed by atoms with E-state index in [2.05, 4.69) is 26.0 Å². The zero-order chi connectivity index (χ0) is 10.1. The first-order chi connectivity index (χ1) is 6.68. The number of aromatic nitrogens is 3. The van der Waals surface area contributed by atoms with Crippen molar-refractivity contribution in [3.8, 4) is 5.82 Å². The van der Waals surface area contributed by atoms with Gasteiger partial charge in [0.15, 0.2) is 11.6 Å². The summed E-state index contributed by atoms with van der Waals surface area (Å²) in [6, 6.07) is 3.69. The minimum atomic E-state index is 0.296. The molecule has 2 heterocycles. The number of anilines is 1. The van der Waals surface area contributed by atoms with E-state index in [4.69, 9.17) is 17.3 Å². The highest BCUT2D eigenvalue weighted by Crippen LogP contribution is 2.22. The third-order valence-electron chi connectivity index (χ3n) is 1.65. The second-order valence-electron chi connectivity index (χ2n) is 2.62. The van der Waals surface area contributed by atoms with E-state index in [0.717, 1.165) is 4.47 Å². The molecule has 0 saturated carbocycles. The highest BCUT2D eigenvalue weighted by atomic mass is 79.9. The molecule has 2 N–H and O–H groups in total. The van der Waals surface area contributed by atoms with Crippen molar-refractivity contribution in [2.75, 3.05) is 5.73 Å². The van der Waals surface area contributed by atoms with Gasteiger partial charge in [-0.05, 0) is 28.1 Å². The fourth-order valence-corrected chi connectivity index (χ4v) is 1.59. The molecule has 0 saturated heterocycles. The Balaban J connectivity index is 2.55. The molecule has 0 amide bonds. The van der Waals surface area contributed by atoms with Crippen molar-refractivity contribution in [2.45, 2.75) is 0 Å². The number of hydrogen-bond donors (Lipinski definition) is 1. The van der Waals surface area contributed by atoms with Crippen LogP contribution >= 0.6 is 27.5 Å². The van der Waals surface area contributed by atoms with Gasteiger partial charge in [-0.15, -0.1) is 5.10 Å². The van der Waals surface area contributed by atoms with Crippen LogP contribution in [0, 0.1) is 0 Å². The summed E-state index contributed by atoms with van der Waals surface area (Å²) in [6.45, 7) is 0. The second-order valence-corrected chi connectivity index (χ2v) is 3.88. The molecule has 0 bridgehead atoms. The quantitative estimate of drug-likeness (QED) is 0.867. The maximum Gasteiger partial charge on any atom is 0.167 e. The van der Waals surface area contributed by atoms with E-state index < -0.39 is 0 Å². The van der Waals surface area contributed by atoms with Gasteiger partial charge < -0.3 is 5.73 Å². The summed E-state index contributed by atoms with van der Waals surface area (Å²) in [5.41, 5.74) is 5.52. The molecule has 0 spiro atoms. The molecule has 2 aromatic heterocycles. The molecule has 6 heteroatoms. The van der Waals surface area contributed by atoms with E-state index in [0.29, 0.717) is 16.7 Å². The molecule has 0 aromatic carbocycles. The Morgan fingerprint density at radius 3 is 2.86 bits per heavy atom. The van der Waals surface area contributed by atoms with Gasteiger partial charge in [0.1, 0.15) is 5.02 Å². The van der Waals surface area contributed by atoms with E-state index in [-0.39, 0.29) is 0 Å². The summed E-state index contributed by atoms with van der Waals surface area (Å²) < 4.78 is 2.36. The van der Waals surface area contributed by atoms with E-state index in [9.17, 15) is 0 Å². The predicted molar refractivity (Wildman–Crippen MR) is 58.5 cm³/mol. The van der Waals surface area contributed by atoms with E-state index >= 15 is 0 Å². The number of halogens is 2. The fraction of sp³-hybridized carbons (Fsp3) is 0. The van der Waals surface area contributed by atoms with Crippen LogP contribution < -0.4 is 5.73 Å². The Morgan fingerprint density at radius 1 is 1.50 bits per heavy atom. The average molecular weight is 274 g/mol. The summed E-state index contributed by atoms with van der Waals surface area (Å²) >= 11 is 9.14. The van der Waals surface area contributed by atoms with Crippen molar-refractivity contribution in [3.63, 3.8) is 0 Å². The zero-order valence-electron chi connectivity index (χ0n) is 6.98. The summed E-state index contributed by atoms with van der Waals surface area (Å²) in [5.74, 6) is 0.954. The van der Waals surface area contributed by atoms with Crippen LogP contribution in [0.4, 0.5) is 5.82 Å². The topological polar surface area (TPSA) is 56.7 Å². The van der Waals surface area contributed by atoms with Crippen LogP contribution in [0.5, 0.6) is 0 Å². The highest BCUT2D eigenvalue weighted by Gasteiger charge is 2.07. The van der Waals surface area contributed by atoms with Crippen molar-refractivity contribution in [3.05, 3.63) is 34.0 Å². The van der Waals surface area contributed by atoms with E-state index in [1.165, 1.54) is 4.68 Å². The monoisotopic (exact) mass is 272 g/mol. The van der Waals surface area contributed by atoms with Gasteiger partial charge in [-0.1, -0.05) is 11.6 Å². The molecule has 2 aromatic rings. The highest BCUT2D eigenvalue weighted by molar-refractivity contribution is 9.10. The molecular weight excluding hydrogens is 267 g/mol. The van der Waals surface area contributed by atoms with Crippen LogP contribution in [0.15, 0.2) is 29.0 Å². The van der Waals surface area contributed by atoms with Gasteiger partial charge in [0.25, 0.3) is 0 Å². The number of hydrogen-bond acceptors (Lipinski definition) is 3. The van der Waals surface area contributed by atoms with Gasteiger partial charge in [0.2, 0.25) is 0 Å². The lowest BCUT2D eigenvalue weighted by atomic mass is 10.5. The Morgan fingerprint density at radius 2 is 2.29 bits per heavy atom. The number of nitrogens with zero attached hydrogens (tertiary/aromatic N) is 3. The fourth-order valence-electron chi connectivity index (χ4n) is 1.02. The van der Waals surface area contributed by atoms with Crippen molar-refractivity contribution < 1.29 is 0 Å². The molecule has 0 radical (unpaired) electrons. The van der Waals surface area contributed by atoms with Gasteiger partial charge in [-0.25, -0.2) is 9.67 Å². The molecule has 0 aliphatic rings. The Labute approximate surface area is 93.8 Å². The molecule has 2 rings (SSSR count). The molecule has 14 heavy (non-hydrogen) atoms. The Hall–Kier alpha value is -1.07. The Bertz CT molecular complexity index is 449. The average Bonchev–Trinajstić information content (AvgIpc) is 2.48. The first-order valence-corrected chi connectivity index (χ1v) is 4.97. The summed E-state index contributed by atoms with van der Waals surface area (Å²) in [5, 5.41) is 4.43. The van der Waals surface area contributed by atoms with E-state index in [1.54, 1.807) is 12.4 Å². The van der Waals surface area contributed by atoms with Crippen molar-refractivity contribution >= 4 is 33.3 Å². The molecule has 0 unspecified atom stereocenters. The van der Waals surface area contributed by atoms with Gasteiger partial charge in [-0.2, -0.15) is 0 Å². The zero-order valence-corrected chi connectivity index (χ0v) is 9.33. The molecule has 0 aliphatic carbocycles. The van der Waals surface area contributed by atoms with Crippen LogP contribution in [0.2, 0.25) is 5.02 Å². The van der Waals surface area contributed by atoms with Crippen molar-refractivity contribution in [1.29, 1.82) is 0 Å². The maximum absolute atomic E-state index is 5.78. The van der Waals surface area contributed by atoms with Gasteiger partial charge in [0, 0.05) is 6.20 Å². The molecule has 0 atom stereocenters. The number of rotatable bonds is 1. The van der Waals surface area contributed by atoms with E-state index in [1.807, 2.05) is 12.1 Å². The Kier molecular flexibility index (Phi) is 2.43. The lowest BCUT2D eigenvalue weighted by Gasteiger charge is -2.00. The molecular formula is C8H6BrClN4. The lowest BCUT2D eigenvalue weighted by Crippen LogP contribution is -1.99. The third kappa shape index (κ3) is 1.60. The molecule has 72 valence electrons. The third-order valence-corrected chi connectivity index (χ3v) is 2.56. The number of nitrogen functional groups attached to an aromatic ring is 1. The van der Waals surface area contributed by atoms with Crippen molar-refractivity contribution in [2.24, 2.45) is 0 Å². The predicted octanol–water partition coefficient (Wildman–Crippen LogP) is 2.27. The number of nitrogens with two attached hydrogens (primary N) is 1. The van der Waals surface area contributed by atoms with Crippen LogP contribution in [0.3, 0.4) is 0 Å². The summed E-state index contributed by atoms with van der Waals surface area (Å²) in [4.78, 5) is 4.14. The standard InChI is InChI=1S/C8H6BrClN4/c9-5-2-1-3-12-8(5)14-4-6(10)7(11)13-14/h1-4H,(H2,11,13). The number of pyridine rings is 1. The van der Waals surface area contributed by atoms with Crippen LogP contribution in [0.1, 0.15) is 0 Å². The minimum Gasteiger partial charge on any atom is -0.381 e. The maximum atomic E-state index is 5.78. The van der Waals surface area contributed by atoms with Gasteiger partial charge in [-0.3, -0.25) is 0 Å².